The maximum atomic E-state index is 9.26. The van der Waals surface area contributed by atoms with Crippen LogP contribution in [0.4, 0.5) is 5.69 Å². The molecule has 1 unspecified atom stereocenters. The van der Waals surface area contributed by atoms with E-state index in [9.17, 15) is 5.11 Å². The minimum Gasteiger partial charge on any atom is -0.495 e. The van der Waals surface area contributed by atoms with E-state index in [1.165, 1.54) is 12.8 Å². The van der Waals surface area contributed by atoms with Crippen LogP contribution in [-0.4, -0.2) is 24.9 Å². The summed E-state index contributed by atoms with van der Waals surface area (Å²) < 4.78 is 5.25. The smallest absolute Gasteiger partial charge is 0.141 e. The molecule has 0 aliphatic heterocycles. The van der Waals surface area contributed by atoms with Crippen molar-refractivity contribution >= 4 is 5.69 Å². The molecule has 0 amide bonds. The minimum atomic E-state index is 0.168. The van der Waals surface area contributed by atoms with Crippen molar-refractivity contribution in [3.63, 3.8) is 0 Å². The van der Waals surface area contributed by atoms with Gasteiger partial charge in [0.2, 0.25) is 0 Å². The highest BCUT2D eigenvalue weighted by molar-refractivity contribution is 5.56. The molecule has 0 bridgehead atoms. The Morgan fingerprint density at radius 2 is 2.20 bits per heavy atom. The van der Waals surface area contributed by atoms with Gasteiger partial charge < -0.3 is 15.2 Å². The second-order valence-corrected chi connectivity index (χ2v) is 3.97. The summed E-state index contributed by atoms with van der Waals surface area (Å²) in [4.78, 5) is 0. The van der Waals surface area contributed by atoms with Gasteiger partial charge in [0.15, 0.2) is 0 Å². The fourth-order valence-electron chi connectivity index (χ4n) is 1.77. The zero-order valence-electron chi connectivity index (χ0n) is 8.94. The number of methoxy groups -OCH3 is 1. The molecule has 0 aromatic heterocycles. The molecule has 15 heavy (non-hydrogen) atoms. The summed E-state index contributed by atoms with van der Waals surface area (Å²) in [6.45, 7) is 0.183. The van der Waals surface area contributed by atoms with Crippen LogP contribution in [0.3, 0.4) is 0 Å². The van der Waals surface area contributed by atoms with Gasteiger partial charge in [0.1, 0.15) is 5.75 Å². The Hall–Kier alpha value is -1.22. The minimum absolute atomic E-state index is 0.168. The summed E-state index contributed by atoms with van der Waals surface area (Å²) >= 11 is 0. The van der Waals surface area contributed by atoms with Crippen molar-refractivity contribution in [3.05, 3.63) is 24.3 Å². The van der Waals surface area contributed by atoms with Gasteiger partial charge in [-0.15, -0.1) is 0 Å². The first-order chi connectivity index (χ1) is 7.35. The molecule has 2 rings (SSSR count). The Morgan fingerprint density at radius 1 is 1.47 bits per heavy atom. The lowest BCUT2D eigenvalue weighted by Gasteiger charge is -2.18. The van der Waals surface area contributed by atoms with Crippen molar-refractivity contribution in [2.45, 2.75) is 18.9 Å². The molecule has 0 saturated heterocycles. The molecule has 3 heteroatoms. The van der Waals surface area contributed by atoms with Crippen LogP contribution in [0.1, 0.15) is 12.8 Å². The zero-order valence-corrected chi connectivity index (χ0v) is 8.94. The first-order valence-electron chi connectivity index (χ1n) is 5.35. The molecule has 2 N–H and O–H groups in total. The van der Waals surface area contributed by atoms with E-state index in [0.717, 1.165) is 11.4 Å². The number of benzene rings is 1. The van der Waals surface area contributed by atoms with Crippen LogP contribution in [0.25, 0.3) is 0 Å². The Kier molecular flexibility index (Phi) is 3.11. The largest absolute Gasteiger partial charge is 0.495 e. The number of para-hydroxylation sites is 2. The predicted molar refractivity (Wildman–Crippen MR) is 60.2 cm³/mol. The van der Waals surface area contributed by atoms with Gasteiger partial charge in [-0.1, -0.05) is 12.1 Å². The summed E-state index contributed by atoms with van der Waals surface area (Å²) in [5.41, 5.74) is 0.964. The van der Waals surface area contributed by atoms with Crippen LogP contribution in [0.2, 0.25) is 0 Å². The molecular formula is C12H17NO2. The average molecular weight is 207 g/mol. The first kappa shape index (κ1) is 10.3. The van der Waals surface area contributed by atoms with E-state index in [1.807, 2.05) is 24.3 Å². The maximum Gasteiger partial charge on any atom is 0.141 e. The summed E-state index contributed by atoms with van der Waals surface area (Å²) in [6, 6.07) is 7.97. The van der Waals surface area contributed by atoms with E-state index >= 15 is 0 Å². The van der Waals surface area contributed by atoms with E-state index in [1.54, 1.807) is 7.11 Å². The molecule has 1 saturated carbocycles. The molecule has 1 aromatic rings. The van der Waals surface area contributed by atoms with Crippen LogP contribution in [0.5, 0.6) is 5.75 Å². The fourth-order valence-corrected chi connectivity index (χ4v) is 1.77. The van der Waals surface area contributed by atoms with Crippen molar-refractivity contribution in [3.8, 4) is 5.75 Å². The van der Waals surface area contributed by atoms with Crippen LogP contribution in [0.15, 0.2) is 24.3 Å². The van der Waals surface area contributed by atoms with Crippen LogP contribution >= 0.6 is 0 Å². The van der Waals surface area contributed by atoms with Gasteiger partial charge >= 0.3 is 0 Å². The number of rotatable bonds is 5. The normalized spacial score (nSPS) is 17.2. The third-order valence-electron chi connectivity index (χ3n) is 2.84. The molecule has 0 radical (unpaired) electrons. The van der Waals surface area contributed by atoms with Crippen LogP contribution in [0, 0.1) is 5.92 Å². The predicted octanol–water partition coefficient (Wildman–Crippen LogP) is 1.88. The third kappa shape index (κ3) is 2.42. The number of hydrogen-bond acceptors (Lipinski definition) is 3. The van der Waals surface area contributed by atoms with Crippen molar-refractivity contribution < 1.29 is 9.84 Å². The highest BCUT2D eigenvalue weighted by Gasteiger charge is 2.30. The summed E-state index contributed by atoms with van der Waals surface area (Å²) in [5.74, 6) is 1.46. The van der Waals surface area contributed by atoms with E-state index in [0.29, 0.717) is 5.92 Å². The highest BCUT2D eigenvalue weighted by Crippen LogP contribution is 2.35. The number of hydrogen-bond donors (Lipinski definition) is 2. The zero-order chi connectivity index (χ0) is 10.7. The second-order valence-electron chi connectivity index (χ2n) is 3.97. The Bertz CT molecular complexity index is 323. The molecule has 1 fully saturated rings. The molecule has 1 aromatic carbocycles. The molecular weight excluding hydrogens is 190 g/mol. The second kappa shape index (κ2) is 4.53. The lowest BCUT2D eigenvalue weighted by molar-refractivity contribution is 0.263. The molecule has 0 spiro atoms. The van der Waals surface area contributed by atoms with Crippen LogP contribution in [-0.2, 0) is 0 Å². The molecule has 0 heterocycles. The van der Waals surface area contributed by atoms with E-state index in [4.69, 9.17) is 4.74 Å². The summed E-state index contributed by atoms with van der Waals surface area (Å²) in [5, 5.41) is 12.6. The van der Waals surface area contributed by atoms with Gasteiger partial charge in [0, 0.05) is 0 Å². The van der Waals surface area contributed by atoms with Crippen LogP contribution < -0.4 is 10.1 Å². The Labute approximate surface area is 90.1 Å². The molecule has 1 aliphatic rings. The molecule has 82 valence electrons. The fraction of sp³-hybridized carbons (Fsp3) is 0.500. The number of ether oxygens (including phenoxy) is 1. The van der Waals surface area contributed by atoms with Gasteiger partial charge in [0.25, 0.3) is 0 Å². The topological polar surface area (TPSA) is 41.5 Å². The monoisotopic (exact) mass is 207 g/mol. The van der Waals surface area contributed by atoms with Crippen molar-refractivity contribution in [2.75, 3.05) is 19.0 Å². The number of aliphatic hydroxyl groups excluding tert-OH is 1. The lowest BCUT2D eigenvalue weighted by atomic mass is 10.2. The van der Waals surface area contributed by atoms with Crippen molar-refractivity contribution in [2.24, 2.45) is 5.92 Å². The Morgan fingerprint density at radius 3 is 2.80 bits per heavy atom. The number of aliphatic hydroxyl groups is 1. The molecule has 1 atom stereocenters. The van der Waals surface area contributed by atoms with Crippen molar-refractivity contribution in [1.29, 1.82) is 0 Å². The van der Waals surface area contributed by atoms with Gasteiger partial charge in [-0.25, -0.2) is 0 Å². The van der Waals surface area contributed by atoms with Crippen molar-refractivity contribution in [1.82, 2.24) is 0 Å². The quantitative estimate of drug-likeness (QED) is 0.774. The van der Waals surface area contributed by atoms with Gasteiger partial charge in [-0.3, -0.25) is 0 Å². The maximum absolute atomic E-state index is 9.26. The SMILES string of the molecule is COc1ccccc1NC(CO)C1CC1. The standard InChI is InChI=1S/C12H17NO2/c1-15-12-5-3-2-4-10(12)13-11(8-14)9-6-7-9/h2-5,9,11,13-14H,6-8H2,1H3. The highest BCUT2D eigenvalue weighted by atomic mass is 16.5. The van der Waals surface area contributed by atoms with Gasteiger partial charge in [0.05, 0.1) is 25.4 Å². The lowest BCUT2D eigenvalue weighted by Crippen LogP contribution is -2.26. The van der Waals surface area contributed by atoms with E-state index < -0.39 is 0 Å². The Balaban J connectivity index is 2.07. The first-order valence-corrected chi connectivity index (χ1v) is 5.35. The molecule has 1 aliphatic carbocycles. The van der Waals surface area contributed by atoms with E-state index in [2.05, 4.69) is 5.32 Å². The average Bonchev–Trinajstić information content (AvgIpc) is 3.10. The summed E-state index contributed by atoms with van der Waals surface area (Å²) in [6.07, 6.45) is 2.43. The van der Waals surface area contributed by atoms with Gasteiger partial charge in [-0.2, -0.15) is 0 Å². The number of nitrogens with one attached hydrogen (secondary N) is 1. The van der Waals surface area contributed by atoms with E-state index in [-0.39, 0.29) is 12.6 Å². The number of anilines is 1. The van der Waals surface area contributed by atoms with Gasteiger partial charge in [-0.05, 0) is 30.9 Å². The third-order valence-corrected chi connectivity index (χ3v) is 2.84. The molecule has 3 nitrogen and oxygen atoms in total. The summed E-state index contributed by atoms with van der Waals surface area (Å²) in [7, 11) is 1.66.